The summed E-state index contributed by atoms with van der Waals surface area (Å²) in [6.07, 6.45) is 1.28. The summed E-state index contributed by atoms with van der Waals surface area (Å²) in [7, 11) is 0. The van der Waals surface area contributed by atoms with Crippen LogP contribution in [0.5, 0.6) is 0 Å². The lowest BCUT2D eigenvalue weighted by molar-refractivity contribution is 0.0464. The number of aromatic amines is 1. The zero-order valence-corrected chi connectivity index (χ0v) is 11.8. The van der Waals surface area contributed by atoms with Crippen molar-refractivity contribution in [2.75, 3.05) is 0 Å². The molecule has 0 aliphatic rings. The molecule has 0 saturated heterocycles. The second-order valence-corrected chi connectivity index (χ2v) is 4.71. The van der Waals surface area contributed by atoms with Crippen LogP contribution in [0, 0.1) is 5.82 Å². The van der Waals surface area contributed by atoms with Gasteiger partial charge in [-0.3, -0.25) is 4.79 Å². The third kappa shape index (κ3) is 3.52. The summed E-state index contributed by atoms with van der Waals surface area (Å²) in [5.74, 6) is -0.490. The molecule has 0 fully saturated rings. The SMILES string of the molecule is O=C(OCc1cc(-c2ccc(F)cc2)on1)c1ccc(=O)[nH]c1. The van der Waals surface area contributed by atoms with E-state index < -0.39 is 5.97 Å². The van der Waals surface area contributed by atoms with Gasteiger partial charge in [0, 0.05) is 23.9 Å². The summed E-state index contributed by atoms with van der Waals surface area (Å²) in [6, 6.07) is 9.96. The Morgan fingerprint density at radius 3 is 2.70 bits per heavy atom. The molecule has 23 heavy (non-hydrogen) atoms. The second kappa shape index (κ2) is 6.27. The first-order valence-electron chi connectivity index (χ1n) is 6.69. The van der Waals surface area contributed by atoms with Crippen LogP contribution >= 0.6 is 0 Å². The molecule has 3 rings (SSSR count). The van der Waals surface area contributed by atoms with Gasteiger partial charge in [0.15, 0.2) is 5.76 Å². The molecule has 0 unspecified atom stereocenters. The van der Waals surface area contributed by atoms with Crippen LogP contribution in [0.3, 0.4) is 0 Å². The lowest BCUT2D eigenvalue weighted by Crippen LogP contribution is -2.09. The van der Waals surface area contributed by atoms with Gasteiger partial charge in [0.05, 0.1) is 5.56 Å². The number of H-pyrrole nitrogens is 1. The largest absolute Gasteiger partial charge is 0.455 e. The fourth-order valence-electron chi connectivity index (χ4n) is 1.89. The van der Waals surface area contributed by atoms with Gasteiger partial charge in [0.2, 0.25) is 5.56 Å². The molecule has 0 atom stereocenters. The number of aromatic nitrogens is 2. The van der Waals surface area contributed by atoms with E-state index in [0.717, 1.165) is 0 Å². The van der Waals surface area contributed by atoms with E-state index in [0.29, 0.717) is 17.0 Å². The molecule has 1 aromatic carbocycles. The van der Waals surface area contributed by atoms with Crippen molar-refractivity contribution < 1.29 is 18.4 Å². The average molecular weight is 314 g/mol. The minimum atomic E-state index is -0.590. The molecule has 0 aliphatic heterocycles. The monoisotopic (exact) mass is 314 g/mol. The first-order chi connectivity index (χ1) is 11.1. The topological polar surface area (TPSA) is 85.2 Å². The van der Waals surface area contributed by atoms with E-state index in [-0.39, 0.29) is 23.5 Å². The van der Waals surface area contributed by atoms with Crippen molar-refractivity contribution in [3.8, 4) is 11.3 Å². The van der Waals surface area contributed by atoms with E-state index in [4.69, 9.17) is 9.26 Å². The molecular formula is C16H11FN2O4. The van der Waals surface area contributed by atoms with Gasteiger partial charge in [-0.05, 0) is 30.3 Å². The molecule has 0 spiro atoms. The molecule has 0 radical (unpaired) electrons. The predicted molar refractivity (Wildman–Crippen MR) is 78.1 cm³/mol. The van der Waals surface area contributed by atoms with Crippen molar-refractivity contribution >= 4 is 5.97 Å². The zero-order valence-electron chi connectivity index (χ0n) is 11.8. The Bertz CT molecular complexity index is 863. The standard InChI is InChI=1S/C16H11FN2O4/c17-12-4-1-10(2-5-12)14-7-13(19-23-14)9-22-16(21)11-3-6-15(20)18-8-11/h1-8H,9H2,(H,18,20). The maximum atomic E-state index is 12.9. The van der Waals surface area contributed by atoms with Crippen molar-refractivity contribution in [2.24, 2.45) is 0 Å². The number of nitrogens with one attached hydrogen (secondary N) is 1. The number of esters is 1. The number of rotatable bonds is 4. The smallest absolute Gasteiger partial charge is 0.340 e. The van der Waals surface area contributed by atoms with Gasteiger partial charge >= 0.3 is 5.97 Å². The molecule has 3 aromatic rings. The van der Waals surface area contributed by atoms with Crippen LogP contribution in [0.1, 0.15) is 16.1 Å². The third-order valence-electron chi connectivity index (χ3n) is 3.06. The average Bonchev–Trinajstić information content (AvgIpc) is 3.03. The number of nitrogens with zero attached hydrogens (tertiary/aromatic N) is 1. The molecule has 0 aliphatic carbocycles. The van der Waals surface area contributed by atoms with E-state index in [1.165, 1.54) is 30.5 Å². The summed E-state index contributed by atoms with van der Waals surface area (Å²) >= 11 is 0. The minimum absolute atomic E-state index is 0.0807. The van der Waals surface area contributed by atoms with Crippen LogP contribution in [0.25, 0.3) is 11.3 Å². The van der Waals surface area contributed by atoms with Crippen molar-refractivity contribution in [3.05, 3.63) is 76.1 Å². The van der Waals surface area contributed by atoms with Gasteiger partial charge in [-0.2, -0.15) is 0 Å². The Kier molecular flexibility index (Phi) is 4.01. The molecule has 116 valence electrons. The first kappa shape index (κ1) is 14.7. The molecule has 7 heteroatoms. The number of hydrogen-bond acceptors (Lipinski definition) is 5. The number of carbonyl (C=O) groups excluding carboxylic acids is 1. The van der Waals surface area contributed by atoms with Crippen LogP contribution < -0.4 is 5.56 Å². The maximum Gasteiger partial charge on any atom is 0.340 e. The fraction of sp³-hybridized carbons (Fsp3) is 0.0625. The predicted octanol–water partition coefficient (Wildman–Crippen LogP) is 2.53. The highest BCUT2D eigenvalue weighted by atomic mass is 19.1. The maximum absolute atomic E-state index is 12.9. The van der Waals surface area contributed by atoms with E-state index in [2.05, 4.69) is 10.1 Å². The Balaban J connectivity index is 1.65. The number of benzene rings is 1. The lowest BCUT2D eigenvalue weighted by Gasteiger charge is -2.01. The highest BCUT2D eigenvalue weighted by molar-refractivity contribution is 5.88. The molecule has 0 saturated carbocycles. The molecule has 6 nitrogen and oxygen atoms in total. The van der Waals surface area contributed by atoms with Gasteiger partial charge in [0.25, 0.3) is 0 Å². The fourth-order valence-corrected chi connectivity index (χ4v) is 1.89. The summed E-state index contributed by atoms with van der Waals surface area (Å²) in [6.45, 7) is -0.0807. The number of ether oxygens (including phenoxy) is 1. The van der Waals surface area contributed by atoms with Crippen LogP contribution in [-0.2, 0) is 11.3 Å². The zero-order chi connectivity index (χ0) is 16.2. The number of hydrogen-bond donors (Lipinski definition) is 1. The van der Waals surface area contributed by atoms with Gasteiger partial charge < -0.3 is 14.2 Å². The lowest BCUT2D eigenvalue weighted by atomic mass is 10.1. The third-order valence-corrected chi connectivity index (χ3v) is 3.06. The number of carbonyl (C=O) groups is 1. The Morgan fingerprint density at radius 2 is 2.00 bits per heavy atom. The molecule has 0 amide bonds. The van der Waals surface area contributed by atoms with E-state index in [9.17, 15) is 14.0 Å². The Labute approximate surface area is 129 Å². The molecule has 2 aromatic heterocycles. The van der Waals surface area contributed by atoms with Crippen molar-refractivity contribution in [1.82, 2.24) is 10.1 Å². The van der Waals surface area contributed by atoms with Crippen molar-refractivity contribution in [2.45, 2.75) is 6.61 Å². The van der Waals surface area contributed by atoms with E-state index in [1.807, 2.05) is 0 Å². The Hall–Kier alpha value is -3.22. The molecular weight excluding hydrogens is 303 g/mol. The van der Waals surface area contributed by atoms with E-state index in [1.54, 1.807) is 18.2 Å². The minimum Gasteiger partial charge on any atom is -0.455 e. The second-order valence-electron chi connectivity index (χ2n) is 4.71. The van der Waals surface area contributed by atoms with Crippen molar-refractivity contribution in [3.63, 3.8) is 0 Å². The van der Waals surface area contributed by atoms with Crippen LogP contribution in [-0.4, -0.2) is 16.1 Å². The summed E-state index contributed by atoms with van der Waals surface area (Å²) < 4.78 is 23.1. The van der Waals surface area contributed by atoms with Crippen molar-refractivity contribution in [1.29, 1.82) is 0 Å². The Morgan fingerprint density at radius 1 is 1.22 bits per heavy atom. The van der Waals surface area contributed by atoms with Gasteiger partial charge in [-0.15, -0.1) is 0 Å². The van der Waals surface area contributed by atoms with Gasteiger partial charge in [-0.25, -0.2) is 9.18 Å². The summed E-state index contributed by atoms with van der Waals surface area (Å²) in [4.78, 5) is 25.1. The number of halogens is 1. The highest BCUT2D eigenvalue weighted by Crippen LogP contribution is 2.21. The first-order valence-corrected chi connectivity index (χ1v) is 6.69. The molecule has 2 heterocycles. The van der Waals surface area contributed by atoms with Gasteiger partial charge in [-0.1, -0.05) is 5.16 Å². The molecule has 0 bridgehead atoms. The summed E-state index contributed by atoms with van der Waals surface area (Å²) in [5.41, 5.74) is 1.01. The molecule has 1 N–H and O–H groups in total. The highest BCUT2D eigenvalue weighted by Gasteiger charge is 2.11. The van der Waals surface area contributed by atoms with E-state index >= 15 is 0 Å². The van der Waals surface area contributed by atoms with Gasteiger partial charge in [0.1, 0.15) is 18.1 Å². The normalized spacial score (nSPS) is 10.5. The van der Waals surface area contributed by atoms with Crippen LogP contribution in [0.2, 0.25) is 0 Å². The number of pyridine rings is 1. The quantitative estimate of drug-likeness (QED) is 0.748. The van der Waals surface area contributed by atoms with Crippen LogP contribution in [0.4, 0.5) is 4.39 Å². The van der Waals surface area contributed by atoms with Crippen LogP contribution in [0.15, 0.2) is 58.0 Å². The summed E-state index contributed by atoms with van der Waals surface area (Å²) in [5, 5.41) is 3.79.